The number of anilines is 6. The molecule has 0 unspecified atom stereocenters. The molecule has 12 aromatic rings. The van der Waals surface area contributed by atoms with Gasteiger partial charge in [0, 0.05) is 43.7 Å². The molecular formula is C62H52N2O2. The van der Waals surface area contributed by atoms with E-state index in [1.54, 1.807) is 0 Å². The van der Waals surface area contributed by atoms with Crippen LogP contribution in [0.2, 0.25) is 0 Å². The first-order valence-corrected chi connectivity index (χ1v) is 23.4. The summed E-state index contributed by atoms with van der Waals surface area (Å²) in [4.78, 5) is 4.95. The van der Waals surface area contributed by atoms with Gasteiger partial charge in [-0.25, -0.2) is 0 Å². The number of hydrogen-bond acceptors (Lipinski definition) is 4. The Balaban J connectivity index is 1.22. The molecule has 0 fully saturated rings. The maximum absolute atomic E-state index is 7.00. The molecular weight excluding hydrogens is 805 g/mol. The molecule has 0 radical (unpaired) electrons. The van der Waals surface area contributed by atoms with Crippen LogP contribution in [0, 0.1) is 27.7 Å². The number of rotatable bonds is 8. The molecule has 4 heteroatoms. The largest absolute Gasteiger partial charge is 0.454 e. The molecule has 0 saturated heterocycles. The molecule has 0 atom stereocenters. The fraction of sp³-hybridized carbons (Fsp3) is 0.161. The molecule has 0 aliphatic rings. The first-order valence-electron chi connectivity index (χ1n) is 23.4. The summed E-state index contributed by atoms with van der Waals surface area (Å²) in [6.07, 6.45) is 0. The lowest BCUT2D eigenvalue weighted by Crippen LogP contribution is -2.14. The minimum absolute atomic E-state index is 0.248. The molecule has 10 aromatic carbocycles. The fourth-order valence-corrected chi connectivity index (χ4v) is 11.0. The van der Waals surface area contributed by atoms with Crippen molar-refractivity contribution < 1.29 is 8.83 Å². The smallest absolute Gasteiger partial charge is 0.159 e. The van der Waals surface area contributed by atoms with Crippen LogP contribution in [0.4, 0.5) is 34.1 Å². The third-order valence-electron chi connectivity index (χ3n) is 14.2. The van der Waals surface area contributed by atoms with E-state index in [1.807, 2.05) is 0 Å². The lowest BCUT2D eigenvalue weighted by molar-refractivity contribution is 0.665. The summed E-state index contributed by atoms with van der Waals surface area (Å²) in [5.74, 6) is 0.497. The van der Waals surface area contributed by atoms with Crippen molar-refractivity contribution in [1.29, 1.82) is 0 Å². The molecule has 0 bridgehead atoms. The van der Waals surface area contributed by atoms with Crippen LogP contribution >= 0.6 is 0 Å². The molecule has 12 rings (SSSR count). The summed E-state index contributed by atoms with van der Waals surface area (Å²) >= 11 is 0. The lowest BCUT2D eigenvalue weighted by Gasteiger charge is -2.32. The maximum atomic E-state index is 7.00. The van der Waals surface area contributed by atoms with Crippen molar-refractivity contribution in [1.82, 2.24) is 0 Å². The molecule has 0 aliphatic heterocycles. The summed E-state index contributed by atoms with van der Waals surface area (Å²) < 4.78 is 14.0. The molecule has 4 nitrogen and oxygen atoms in total. The summed E-state index contributed by atoms with van der Waals surface area (Å²) in [7, 11) is 0. The second kappa shape index (κ2) is 15.0. The molecule has 0 N–H and O–H groups in total. The Morgan fingerprint density at radius 1 is 0.333 bits per heavy atom. The maximum Gasteiger partial charge on any atom is 0.159 e. The van der Waals surface area contributed by atoms with E-state index < -0.39 is 0 Å². The first-order chi connectivity index (χ1) is 32.1. The van der Waals surface area contributed by atoms with E-state index in [2.05, 4.69) is 223 Å². The highest BCUT2D eigenvalue weighted by molar-refractivity contribution is 6.30. The minimum atomic E-state index is 0.248. The third kappa shape index (κ3) is 5.83. The molecule has 0 aliphatic carbocycles. The predicted octanol–water partition coefficient (Wildman–Crippen LogP) is 18.8. The van der Waals surface area contributed by atoms with Gasteiger partial charge < -0.3 is 18.6 Å². The summed E-state index contributed by atoms with van der Waals surface area (Å²) in [6.45, 7) is 18.0. The predicted molar refractivity (Wildman–Crippen MR) is 281 cm³/mol. The van der Waals surface area contributed by atoms with Gasteiger partial charge in [0.25, 0.3) is 0 Å². The van der Waals surface area contributed by atoms with Gasteiger partial charge in [0.2, 0.25) is 0 Å². The Morgan fingerprint density at radius 3 is 1.09 bits per heavy atom. The van der Waals surface area contributed by atoms with Crippen molar-refractivity contribution in [2.75, 3.05) is 9.80 Å². The average Bonchev–Trinajstić information content (AvgIpc) is 3.91. The van der Waals surface area contributed by atoms with Gasteiger partial charge >= 0.3 is 0 Å². The highest BCUT2D eigenvalue weighted by Crippen LogP contribution is 2.54. The highest BCUT2D eigenvalue weighted by Gasteiger charge is 2.30. The Bertz CT molecular complexity index is 3620. The van der Waals surface area contributed by atoms with E-state index in [9.17, 15) is 0 Å². The van der Waals surface area contributed by atoms with Gasteiger partial charge in [0.15, 0.2) is 11.2 Å². The average molecular weight is 857 g/mol. The standard InChI is InChI=1S/C62H52N2O2/c1-35(2)51-33-53(63(41-19-11-9-12-20-41)57-37(5)25-27-47-45-23-15-17-39(7)59(45)65-61(47)57)49-32-30-44-52(36(3)4)34-54(50-31-29-43(51)55(49)56(44)50)64(42-21-13-10-14-22-42)58-38(6)26-28-48-46-24-16-18-40(8)60(46)66-62(48)58/h9-36H,1-8H3. The molecule has 2 aromatic heterocycles. The molecule has 0 amide bonds. The lowest BCUT2D eigenvalue weighted by atomic mass is 9.84. The van der Waals surface area contributed by atoms with Crippen molar-refractivity contribution in [3.8, 4) is 0 Å². The molecule has 66 heavy (non-hydrogen) atoms. The van der Waals surface area contributed by atoms with Crippen molar-refractivity contribution in [3.63, 3.8) is 0 Å². The van der Waals surface area contributed by atoms with Gasteiger partial charge in [-0.05, 0) is 131 Å². The summed E-state index contributed by atoms with van der Waals surface area (Å²) in [5, 5.41) is 12.0. The van der Waals surface area contributed by atoms with E-state index in [-0.39, 0.29) is 11.8 Å². The fourth-order valence-electron chi connectivity index (χ4n) is 11.0. The second-order valence-electron chi connectivity index (χ2n) is 19.0. The minimum Gasteiger partial charge on any atom is -0.454 e. The van der Waals surface area contributed by atoms with Gasteiger partial charge in [-0.2, -0.15) is 0 Å². The van der Waals surface area contributed by atoms with Crippen LogP contribution in [0.15, 0.2) is 167 Å². The SMILES string of the molecule is Cc1ccc2c(oc3c(C)cccc32)c1N(c1ccccc1)c1cc(C(C)C)c2ccc3c(N(c4ccccc4)c4c(C)ccc5c4oc4c(C)cccc45)cc(C(C)C)c4ccc1c2c43. The van der Waals surface area contributed by atoms with E-state index in [0.29, 0.717) is 0 Å². The Morgan fingerprint density at radius 2 is 0.697 bits per heavy atom. The summed E-state index contributed by atoms with van der Waals surface area (Å²) in [6, 6.07) is 58.1. The molecule has 0 spiro atoms. The monoisotopic (exact) mass is 856 g/mol. The number of furan rings is 2. The normalized spacial score (nSPS) is 12.2. The van der Waals surface area contributed by atoms with E-state index in [0.717, 1.165) is 100 Å². The van der Waals surface area contributed by atoms with Crippen LogP contribution in [-0.4, -0.2) is 0 Å². The highest BCUT2D eigenvalue weighted by atomic mass is 16.3. The molecule has 0 saturated carbocycles. The van der Waals surface area contributed by atoms with Gasteiger partial charge in [-0.3, -0.25) is 0 Å². The number of aryl methyl sites for hydroxylation is 4. The zero-order chi connectivity index (χ0) is 45.1. The summed E-state index contributed by atoms with van der Waals surface area (Å²) in [5.41, 5.74) is 17.4. The van der Waals surface area contributed by atoms with E-state index >= 15 is 0 Å². The van der Waals surface area contributed by atoms with Gasteiger partial charge in [-0.1, -0.05) is 149 Å². The van der Waals surface area contributed by atoms with Crippen molar-refractivity contribution >= 4 is 110 Å². The first kappa shape index (κ1) is 40.0. The number of hydrogen-bond donors (Lipinski definition) is 0. The Labute approximate surface area is 385 Å². The Kier molecular flexibility index (Phi) is 9.09. The number of nitrogens with zero attached hydrogens (tertiary/aromatic N) is 2. The van der Waals surface area contributed by atoms with Crippen molar-refractivity contribution in [2.45, 2.75) is 67.2 Å². The zero-order valence-corrected chi connectivity index (χ0v) is 38.9. The van der Waals surface area contributed by atoms with Crippen molar-refractivity contribution in [2.24, 2.45) is 0 Å². The number of para-hydroxylation sites is 4. The van der Waals surface area contributed by atoms with Crippen LogP contribution in [0.1, 0.15) is 72.9 Å². The van der Waals surface area contributed by atoms with Crippen molar-refractivity contribution in [3.05, 3.63) is 191 Å². The van der Waals surface area contributed by atoms with Crippen LogP contribution in [-0.2, 0) is 0 Å². The van der Waals surface area contributed by atoms with Gasteiger partial charge in [0.1, 0.15) is 11.2 Å². The van der Waals surface area contributed by atoms with Crippen LogP contribution in [0.25, 0.3) is 76.2 Å². The van der Waals surface area contributed by atoms with Crippen LogP contribution in [0.5, 0.6) is 0 Å². The van der Waals surface area contributed by atoms with Gasteiger partial charge in [0.05, 0.1) is 22.7 Å². The number of benzene rings is 10. The topological polar surface area (TPSA) is 32.8 Å². The molecule has 322 valence electrons. The van der Waals surface area contributed by atoms with Gasteiger partial charge in [-0.15, -0.1) is 0 Å². The number of fused-ring (bicyclic) bond motifs is 6. The Hall–Kier alpha value is -7.56. The quantitative estimate of drug-likeness (QED) is 0.143. The second-order valence-corrected chi connectivity index (χ2v) is 19.0. The van der Waals surface area contributed by atoms with E-state index in [1.165, 1.54) is 43.4 Å². The van der Waals surface area contributed by atoms with Crippen LogP contribution in [0.3, 0.4) is 0 Å². The molecule has 2 heterocycles. The third-order valence-corrected chi connectivity index (χ3v) is 14.2. The van der Waals surface area contributed by atoms with E-state index in [4.69, 9.17) is 8.83 Å². The zero-order valence-electron chi connectivity index (χ0n) is 38.9. The van der Waals surface area contributed by atoms with Crippen LogP contribution < -0.4 is 9.80 Å².